The van der Waals surface area contributed by atoms with Crippen LogP contribution in [0.25, 0.3) is 10.9 Å². The predicted octanol–water partition coefficient (Wildman–Crippen LogP) is 4.33. The van der Waals surface area contributed by atoms with Crippen LogP contribution in [0.5, 0.6) is 5.75 Å². The van der Waals surface area contributed by atoms with Gasteiger partial charge >= 0.3 is 5.97 Å². The van der Waals surface area contributed by atoms with Crippen LogP contribution in [0.1, 0.15) is 36.8 Å². The maximum Gasteiger partial charge on any atom is 0.303 e. The second-order valence-corrected chi connectivity index (χ2v) is 6.18. The van der Waals surface area contributed by atoms with E-state index in [0.717, 1.165) is 47.9 Å². The highest BCUT2D eigenvalue weighted by molar-refractivity contribution is 5.78. The lowest BCUT2D eigenvalue weighted by Gasteiger charge is -2.08. The molecule has 5 heteroatoms. The summed E-state index contributed by atoms with van der Waals surface area (Å²) in [5.74, 6) is 0.138. The summed E-state index contributed by atoms with van der Waals surface area (Å²) in [6.07, 6.45) is 5.67. The third kappa shape index (κ3) is 5.08. The molecule has 3 aromatic rings. The molecule has 0 unspecified atom stereocenters. The molecule has 0 atom stereocenters. The van der Waals surface area contributed by atoms with Gasteiger partial charge in [0.05, 0.1) is 11.7 Å². The summed E-state index contributed by atoms with van der Waals surface area (Å²) >= 11 is 0. The van der Waals surface area contributed by atoms with Crippen LogP contribution < -0.4 is 4.74 Å². The maximum absolute atomic E-state index is 10.5. The Hall–Kier alpha value is -2.82. The normalized spacial score (nSPS) is 10.9. The summed E-state index contributed by atoms with van der Waals surface area (Å²) in [7, 11) is 0. The molecule has 0 spiro atoms. The van der Waals surface area contributed by atoms with Crippen LogP contribution in [0.4, 0.5) is 0 Å². The number of aromatic amines is 1. The second-order valence-electron chi connectivity index (χ2n) is 6.18. The highest BCUT2D eigenvalue weighted by Gasteiger charge is 2.02. The van der Waals surface area contributed by atoms with E-state index in [9.17, 15) is 4.79 Å². The molecule has 0 saturated heterocycles. The van der Waals surface area contributed by atoms with Crippen LogP contribution in [0.2, 0.25) is 0 Å². The lowest BCUT2D eigenvalue weighted by molar-refractivity contribution is -0.137. The molecule has 25 heavy (non-hydrogen) atoms. The number of carboxylic acid groups (broad SMARTS) is 1. The quantitative estimate of drug-likeness (QED) is 0.569. The zero-order valence-electron chi connectivity index (χ0n) is 14.1. The number of fused-ring (bicyclic) bond motifs is 1. The van der Waals surface area contributed by atoms with Crippen molar-refractivity contribution in [2.24, 2.45) is 0 Å². The van der Waals surface area contributed by atoms with E-state index in [1.165, 1.54) is 5.56 Å². The Morgan fingerprint density at radius 3 is 2.88 bits per heavy atom. The number of aromatic nitrogens is 2. The van der Waals surface area contributed by atoms with Crippen LogP contribution in [0.15, 0.2) is 48.7 Å². The average Bonchev–Trinajstić information content (AvgIpc) is 3.07. The van der Waals surface area contributed by atoms with Crippen molar-refractivity contribution >= 4 is 16.9 Å². The van der Waals surface area contributed by atoms with Crippen LogP contribution in [-0.4, -0.2) is 21.3 Å². The smallest absolute Gasteiger partial charge is 0.303 e. The Morgan fingerprint density at radius 2 is 2.00 bits per heavy atom. The third-order valence-corrected chi connectivity index (χ3v) is 4.16. The number of aliphatic carboxylic acids is 1. The highest BCUT2D eigenvalue weighted by Crippen LogP contribution is 2.19. The fourth-order valence-electron chi connectivity index (χ4n) is 2.82. The molecule has 0 aliphatic carbocycles. The lowest BCUT2D eigenvalue weighted by Crippen LogP contribution is -1.96. The number of nitrogens with zero attached hydrogens (tertiary/aromatic N) is 1. The predicted molar refractivity (Wildman–Crippen MR) is 96.7 cm³/mol. The zero-order chi connectivity index (χ0) is 17.5. The number of ether oxygens (including phenoxy) is 1. The number of hydrogen-bond donors (Lipinski definition) is 2. The van der Waals surface area contributed by atoms with E-state index in [1.54, 1.807) is 0 Å². The zero-order valence-corrected chi connectivity index (χ0v) is 14.1. The number of carbonyl (C=O) groups is 1. The summed E-state index contributed by atoms with van der Waals surface area (Å²) in [6, 6.07) is 14.2. The van der Waals surface area contributed by atoms with Gasteiger partial charge in [0.2, 0.25) is 0 Å². The van der Waals surface area contributed by atoms with Crippen molar-refractivity contribution in [3.8, 4) is 5.75 Å². The highest BCUT2D eigenvalue weighted by atomic mass is 16.5. The van der Waals surface area contributed by atoms with Crippen LogP contribution in [0.3, 0.4) is 0 Å². The Balaban J connectivity index is 1.50. The van der Waals surface area contributed by atoms with E-state index in [-0.39, 0.29) is 6.42 Å². The van der Waals surface area contributed by atoms with Crippen LogP contribution >= 0.6 is 0 Å². The van der Waals surface area contributed by atoms with Gasteiger partial charge in [-0.05, 0) is 54.7 Å². The standard InChI is InChI=1S/C20H22N2O3/c23-20(24)8-3-1-2-5-15-6-4-7-18(12-15)25-14-16-9-10-19-17(11-16)13-21-22-19/h4,6-7,9-13H,1-3,5,8,14H2,(H,21,22)(H,23,24). The number of unbranched alkanes of at least 4 members (excludes halogenated alkanes) is 2. The summed E-state index contributed by atoms with van der Waals surface area (Å²) in [5, 5.41) is 16.7. The van der Waals surface area contributed by atoms with E-state index < -0.39 is 5.97 Å². The number of carboxylic acids is 1. The van der Waals surface area contributed by atoms with Gasteiger partial charge in [0.15, 0.2) is 0 Å². The molecular formula is C20H22N2O3. The molecule has 0 radical (unpaired) electrons. The van der Waals surface area contributed by atoms with Gasteiger partial charge in [-0.25, -0.2) is 0 Å². The molecule has 0 aliphatic rings. The van der Waals surface area contributed by atoms with Gasteiger partial charge in [0.1, 0.15) is 12.4 Å². The topological polar surface area (TPSA) is 75.2 Å². The van der Waals surface area contributed by atoms with E-state index in [1.807, 2.05) is 30.5 Å². The van der Waals surface area contributed by atoms with Gasteiger partial charge in [-0.15, -0.1) is 0 Å². The van der Waals surface area contributed by atoms with Gasteiger partial charge in [0, 0.05) is 11.8 Å². The molecule has 5 nitrogen and oxygen atoms in total. The molecule has 1 aromatic heterocycles. The van der Waals surface area contributed by atoms with Crippen LogP contribution in [-0.2, 0) is 17.8 Å². The molecule has 0 fully saturated rings. The first kappa shape index (κ1) is 17.0. The minimum absolute atomic E-state index is 0.254. The Labute approximate surface area is 146 Å². The summed E-state index contributed by atoms with van der Waals surface area (Å²) in [6.45, 7) is 0.517. The molecule has 2 aromatic carbocycles. The van der Waals surface area contributed by atoms with Crippen molar-refractivity contribution in [1.29, 1.82) is 0 Å². The molecule has 0 saturated carbocycles. The largest absolute Gasteiger partial charge is 0.489 e. The maximum atomic E-state index is 10.5. The SMILES string of the molecule is O=C(O)CCCCCc1cccc(OCc2ccc3[nH]ncc3c2)c1. The van der Waals surface area contributed by atoms with Crippen molar-refractivity contribution in [2.75, 3.05) is 0 Å². The first-order valence-electron chi connectivity index (χ1n) is 8.56. The van der Waals surface area contributed by atoms with Gasteiger partial charge in [-0.1, -0.05) is 24.6 Å². The number of aryl methyl sites for hydroxylation is 1. The van der Waals surface area contributed by atoms with Crippen molar-refractivity contribution < 1.29 is 14.6 Å². The van der Waals surface area contributed by atoms with Gasteiger partial charge in [-0.3, -0.25) is 9.89 Å². The molecule has 2 N–H and O–H groups in total. The first-order chi connectivity index (χ1) is 12.2. The second kappa shape index (κ2) is 8.33. The summed E-state index contributed by atoms with van der Waals surface area (Å²) in [4.78, 5) is 10.5. The molecular weight excluding hydrogens is 316 g/mol. The summed E-state index contributed by atoms with van der Waals surface area (Å²) in [5.41, 5.74) is 3.35. The fraction of sp³-hybridized carbons (Fsp3) is 0.300. The van der Waals surface area contributed by atoms with Crippen molar-refractivity contribution in [3.63, 3.8) is 0 Å². The van der Waals surface area contributed by atoms with Gasteiger partial charge in [0.25, 0.3) is 0 Å². The molecule has 1 heterocycles. The Bertz CT molecular complexity index is 842. The van der Waals surface area contributed by atoms with Gasteiger partial charge in [-0.2, -0.15) is 5.10 Å². The summed E-state index contributed by atoms with van der Waals surface area (Å²) < 4.78 is 5.91. The number of nitrogens with one attached hydrogen (secondary N) is 1. The molecule has 0 bridgehead atoms. The van der Waals surface area contributed by atoms with Crippen molar-refractivity contribution in [3.05, 3.63) is 59.8 Å². The monoisotopic (exact) mass is 338 g/mol. The molecule has 0 amide bonds. The van der Waals surface area contributed by atoms with Crippen molar-refractivity contribution in [1.82, 2.24) is 10.2 Å². The number of hydrogen-bond acceptors (Lipinski definition) is 3. The minimum Gasteiger partial charge on any atom is -0.489 e. The first-order valence-corrected chi connectivity index (χ1v) is 8.56. The fourth-order valence-corrected chi connectivity index (χ4v) is 2.82. The van der Waals surface area contributed by atoms with E-state index in [2.05, 4.69) is 28.4 Å². The van der Waals surface area contributed by atoms with E-state index >= 15 is 0 Å². The van der Waals surface area contributed by atoms with Gasteiger partial charge < -0.3 is 9.84 Å². The average molecular weight is 338 g/mol. The lowest BCUT2D eigenvalue weighted by atomic mass is 10.1. The molecule has 0 aliphatic heterocycles. The van der Waals surface area contributed by atoms with E-state index in [0.29, 0.717) is 6.61 Å². The van der Waals surface area contributed by atoms with Crippen LogP contribution in [0, 0.1) is 0 Å². The third-order valence-electron chi connectivity index (χ3n) is 4.16. The Morgan fingerprint density at radius 1 is 1.08 bits per heavy atom. The number of benzene rings is 2. The molecule has 130 valence electrons. The van der Waals surface area contributed by atoms with E-state index in [4.69, 9.17) is 9.84 Å². The number of rotatable bonds is 9. The minimum atomic E-state index is -0.719. The molecule has 3 rings (SSSR count). The number of H-pyrrole nitrogens is 1. The Kier molecular flexibility index (Phi) is 5.67. The van der Waals surface area contributed by atoms with Crippen molar-refractivity contribution in [2.45, 2.75) is 38.7 Å².